The van der Waals surface area contributed by atoms with Crippen molar-refractivity contribution in [2.75, 3.05) is 6.61 Å². The van der Waals surface area contributed by atoms with Crippen LogP contribution in [0.25, 0.3) is 0 Å². The van der Waals surface area contributed by atoms with E-state index in [2.05, 4.69) is 4.74 Å². The van der Waals surface area contributed by atoms with Crippen LogP contribution in [0.15, 0.2) is 0 Å². The maximum Gasteiger partial charge on any atom is 0.311 e. The minimum atomic E-state index is -0.567. The Morgan fingerprint density at radius 1 is 1.89 bits per heavy atom. The predicted molar refractivity (Wildman–Crippen MR) is 30.7 cm³/mol. The molecule has 0 aromatic heterocycles. The minimum absolute atomic E-state index is 0.178. The van der Waals surface area contributed by atoms with Crippen LogP contribution in [0.4, 0.5) is 0 Å². The minimum Gasteiger partial charge on any atom is -0.463 e. The Kier molecular flexibility index (Phi) is 1.71. The van der Waals surface area contributed by atoms with E-state index in [4.69, 9.17) is 5.11 Å². The van der Waals surface area contributed by atoms with Gasteiger partial charge < -0.3 is 9.84 Å². The van der Waals surface area contributed by atoms with E-state index in [1.807, 2.05) is 6.92 Å². The van der Waals surface area contributed by atoms with Crippen molar-refractivity contribution in [1.82, 2.24) is 0 Å². The number of rotatable bonds is 1. The number of esters is 1. The number of carbonyl (C=O) groups excluding carboxylic acids is 1. The molecule has 1 rings (SSSR count). The lowest BCUT2D eigenvalue weighted by Crippen LogP contribution is -2.19. The molecule has 0 aromatic rings. The maximum absolute atomic E-state index is 10.6. The molecule has 1 N–H and O–H groups in total. The molecule has 3 nitrogen and oxygen atoms in total. The Balaban J connectivity index is 2.55. The van der Waals surface area contributed by atoms with E-state index < -0.39 is 6.10 Å². The Labute approximate surface area is 53.6 Å². The first-order chi connectivity index (χ1) is 4.25. The van der Waals surface area contributed by atoms with Crippen molar-refractivity contribution in [1.29, 1.82) is 0 Å². The van der Waals surface area contributed by atoms with Gasteiger partial charge in [0, 0.05) is 0 Å². The third-order valence-corrected chi connectivity index (χ3v) is 1.60. The van der Waals surface area contributed by atoms with E-state index in [0.717, 1.165) is 0 Å². The summed E-state index contributed by atoms with van der Waals surface area (Å²) in [6.45, 7) is 2.04. The molecule has 0 aliphatic carbocycles. The normalized spacial score (nSPS) is 34.7. The summed E-state index contributed by atoms with van der Waals surface area (Å²) in [4.78, 5) is 10.6. The van der Waals surface area contributed by atoms with E-state index in [0.29, 0.717) is 6.42 Å². The highest BCUT2D eigenvalue weighted by Gasteiger charge is 2.33. The Morgan fingerprint density at radius 2 is 2.56 bits per heavy atom. The third-order valence-electron chi connectivity index (χ3n) is 1.60. The lowest BCUT2D eigenvalue weighted by atomic mass is 10.0. The average Bonchev–Trinajstić information content (AvgIpc) is 2.12. The van der Waals surface area contributed by atoms with Crippen LogP contribution in [0.3, 0.4) is 0 Å². The molecule has 0 bridgehead atoms. The highest BCUT2D eigenvalue weighted by atomic mass is 16.6. The second kappa shape index (κ2) is 2.35. The fourth-order valence-corrected chi connectivity index (χ4v) is 0.987. The summed E-state index contributed by atoms with van der Waals surface area (Å²) < 4.78 is 4.58. The molecule has 1 heterocycles. The van der Waals surface area contributed by atoms with Crippen molar-refractivity contribution in [3.05, 3.63) is 0 Å². The van der Waals surface area contributed by atoms with Crippen LogP contribution < -0.4 is 0 Å². The van der Waals surface area contributed by atoms with Crippen LogP contribution in [0.5, 0.6) is 0 Å². The van der Waals surface area contributed by atoms with Crippen LogP contribution in [0, 0.1) is 5.92 Å². The zero-order valence-corrected chi connectivity index (χ0v) is 5.33. The molecule has 1 aliphatic rings. The van der Waals surface area contributed by atoms with Crippen molar-refractivity contribution < 1.29 is 14.6 Å². The second-order valence-electron chi connectivity index (χ2n) is 2.21. The zero-order valence-electron chi connectivity index (χ0n) is 5.33. The molecule has 1 aliphatic heterocycles. The fraction of sp³-hybridized carbons (Fsp3) is 0.833. The number of ether oxygens (including phenoxy) is 1. The molecule has 9 heavy (non-hydrogen) atoms. The first kappa shape index (κ1) is 6.55. The molecule has 1 fully saturated rings. The van der Waals surface area contributed by atoms with E-state index in [9.17, 15) is 4.79 Å². The standard InChI is InChI=1S/C6H10O3/c1-2-4-5(7)3-9-6(4)8/h4-5,7H,2-3H2,1H3. The Morgan fingerprint density at radius 3 is 2.78 bits per heavy atom. The van der Waals surface area contributed by atoms with Crippen molar-refractivity contribution in [3.63, 3.8) is 0 Å². The number of hydrogen-bond donors (Lipinski definition) is 1. The lowest BCUT2D eigenvalue weighted by Gasteiger charge is -2.03. The summed E-state index contributed by atoms with van der Waals surface area (Å²) in [5, 5.41) is 9.01. The van der Waals surface area contributed by atoms with Crippen molar-refractivity contribution in [3.8, 4) is 0 Å². The summed E-state index contributed by atoms with van der Waals surface area (Å²) >= 11 is 0. The van der Waals surface area contributed by atoms with Gasteiger partial charge in [-0.2, -0.15) is 0 Å². The summed E-state index contributed by atoms with van der Waals surface area (Å²) in [7, 11) is 0. The largest absolute Gasteiger partial charge is 0.463 e. The van der Waals surface area contributed by atoms with Gasteiger partial charge in [-0.1, -0.05) is 6.92 Å². The van der Waals surface area contributed by atoms with Gasteiger partial charge in [0.1, 0.15) is 12.7 Å². The van der Waals surface area contributed by atoms with Crippen LogP contribution in [-0.4, -0.2) is 23.8 Å². The first-order valence-electron chi connectivity index (χ1n) is 3.10. The van der Waals surface area contributed by atoms with Crippen LogP contribution in [0.1, 0.15) is 13.3 Å². The van der Waals surface area contributed by atoms with Crippen LogP contribution in [-0.2, 0) is 9.53 Å². The second-order valence-corrected chi connectivity index (χ2v) is 2.21. The summed E-state index contributed by atoms with van der Waals surface area (Å²) in [5.74, 6) is -0.532. The zero-order chi connectivity index (χ0) is 6.85. The molecule has 0 amide bonds. The number of cyclic esters (lactones) is 1. The van der Waals surface area contributed by atoms with Crippen molar-refractivity contribution in [2.45, 2.75) is 19.4 Å². The third kappa shape index (κ3) is 1.05. The molecule has 0 spiro atoms. The first-order valence-corrected chi connectivity index (χ1v) is 3.10. The number of carbonyl (C=O) groups is 1. The molecule has 2 unspecified atom stereocenters. The topological polar surface area (TPSA) is 46.5 Å². The van der Waals surface area contributed by atoms with Gasteiger partial charge in [0.25, 0.3) is 0 Å². The monoisotopic (exact) mass is 130 g/mol. The molecule has 0 aromatic carbocycles. The van der Waals surface area contributed by atoms with Gasteiger partial charge in [-0.05, 0) is 6.42 Å². The highest BCUT2D eigenvalue weighted by Crippen LogP contribution is 2.17. The molecular formula is C6H10O3. The highest BCUT2D eigenvalue weighted by molar-refractivity contribution is 5.74. The van der Waals surface area contributed by atoms with Gasteiger partial charge in [0.2, 0.25) is 0 Å². The summed E-state index contributed by atoms with van der Waals surface area (Å²) in [6, 6.07) is 0. The van der Waals surface area contributed by atoms with Gasteiger partial charge in [-0.25, -0.2) is 0 Å². The Bertz CT molecular complexity index is 121. The van der Waals surface area contributed by atoms with Crippen LogP contribution >= 0.6 is 0 Å². The van der Waals surface area contributed by atoms with Gasteiger partial charge in [0.15, 0.2) is 0 Å². The van der Waals surface area contributed by atoms with Crippen LogP contribution in [0.2, 0.25) is 0 Å². The van der Waals surface area contributed by atoms with Gasteiger partial charge >= 0.3 is 5.97 Å². The maximum atomic E-state index is 10.6. The number of aliphatic hydroxyl groups is 1. The predicted octanol–water partition coefficient (Wildman–Crippen LogP) is -0.0697. The molecular weight excluding hydrogens is 120 g/mol. The quantitative estimate of drug-likeness (QED) is 0.505. The van der Waals surface area contributed by atoms with Gasteiger partial charge in [0.05, 0.1) is 5.92 Å². The molecule has 3 heteroatoms. The average molecular weight is 130 g/mol. The number of aliphatic hydroxyl groups excluding tert-OH is 1. The Hall–Kier alpha value is -0.570. The fourth-order valence-electron chi connectivity index (χ4n) is 0.987. The smallest absolute Gasteiger partial charge is 0.311 e. The number of hydrogen-bond acceptors (Lipinski definition) is 3. The van der Waals surface area contributed by atoms with E-state index >= 15 is 0 Å². The molecule has 0 saturated carbocycles. The van der Waals surface area contributed by atoms with Gasteiger partial charge in [-0.3, -0.25) is 4.79 Å². The molecule has 52 valence electrons. The molecule has 2 atom stereocenters. The van der Waals surface area contributed by atoms with E-state index in [-0.39, 0.29) is 18.5 Å². The van der Waals surface area contributed by atoms with Crippen molar-refractivity contribution >= 4 is 5.97 Å². The summed E-state index contributed by atoms with van der Waals surface area (Å²) in [5.41, 5.74) is 0. The molecule has 0 radical (unpaired) electrons. The summed E-state index contributed by atoms with van der Waals surface area (Å²) in [6.07, 6.45) is 0.0995. The van der Waals surface area contributed by atoms with E-state index in [1.54, 1.807) is 0 Å². The molecule has 1 saturated heterocycles. The lowest BCUT2D eigenvalue weighted by molar-refractivity contribution is -0.141. The van der Waals surface area contributed by atoms with Gasteiger partial charge in [-0.15, -0.1) is 0 Å². The van der Waals surface area contributed by atoms with Crippen molar-refractivity contribution in [2.24, 2.45) is 5.92 Å². The SMILES string of the molecule is CCC1C(=O)OCC1O. The van der Waals surface area contributed by atoms with E-state index in [1.165, 1.54) is 0 Å².